The van der Waals surface area contributed by atoms with Crippen LogP contribution < -0.4 is 4.74 Å². The molecule has 1 aromatic heterocycles. The molecule has 2 rings (SSSR count). The molecule has 138 valence electrons. The third kappa shape index (κ3) is 5.77. The maximum Gasteiger partial charge on any atom is 0.387 e. The number of alkyl halides is 2. The van der Waals surface area contributed by atoms with E-state index in [4.69, 9.17) is 4.52 Å². The Morgan fingerprint density at radius 2 is 1.96 bits per heavy atom. The van der Waals surface area contributed by atoms with Crippen molar-refractivity contribution in [1.82, 2.24) is 15.0 Å². The Morgan fingerprint density at radius 3 is 2.64 bits per heavy atom. The second-order valence-corrected chi connectivity index (χ2v) is 6.16. The van der Waals surface area contributed by atoms with E-state index in [-0.39, 0.29) is 11.6 Å². The summed E-state index contributed by atoms with van der Waals surface area (Å²) in [6, 6.07) is 6.78. The monoisotopic (exact) mass is 353 g/mol. The fourth-order valence-electron chi connectivity index (χ4n) is 2.54. The van der Waals surface area contributed by atoms with Gasteiger partial charge >= 0.3 is 6.61 Å². The number of unbranched alkanes of at least 4 members (excludes halogenated alkanes) is 2. The van der Waals surface area contributed by atoms with Crippen molar-refractivity contribution in [3.8, 4) is 17.1 Å². The number of halogens is 2. The van der Waals surface area contributed by atoms with Gasteiger partial charge in [-0.3, -0.25) is 4.90 Å². The average molecular weight is 353 g/mol. The molecule has 0 aliphatic carbocycles. The Hall–Kier alpha value is -2.02. The van der Waals surface area contributed by atoms with Crippen molar-refractivity contribution >= 4 is 0 Å². The lowest BCUT2D eigenvalue weighted by Gasteiger charge is -2.24. The Labute approximate surface area is 147 Å². The van der Waals surface area contributed by atoms with Crippen molar-refractivity contribution < 1.29 is 18.0 Å². The molecule has 0 spiro atoms. The quantitative estimate of drug-likeness (QED) is 0.578. The molecule has 0 radical (unpaired) electrons. The summed E-state index contributed by atoms with van der Waals surface area (Å²) < 4.78 is 34.9. The van der Waals surface area contributed by atoms with E-state index >= 15 is 0 Å². The molecule has 1 heterocycles. The van der Waals surface area contributed by atoms with Crippen LogP contribution >= 0.6 is 0 Å². The minimum Gasteiger partial charge on any atom is -0.434 e. The molecular formula is C18H25F2N3O2. The summed E-state index contributed by atoms with van der Waals surface area (Å²) in [5.74, 6) is 0.754. The van der Waals surface area contributed by atoms with Gasteiger partial charge in [0.15, 0.2) is 0 Å². The number of rotatable bonds is 10. The van der Waals surface area contributed by atoms with Gasteiger partial charge in [-0.05, 0) is 38.9 Å². The molecule has 0 unspecified atom stereocenters. The fraction of sp³-hybridized carbons (Fsp3) is 0.556. The molecule has 25 heavy (non-hydrogen) atoms. The van der Waals surface area contributed by atoms with E-state index in [1.807, 2.05) is 0 Å². The first-order valence-electron chi connectivity index (χ1n) is 8.62. The van der Waals surface area contributed by atoms with Crippen LogP contribution in [0, 0.1) is 0 Å². The molecule has 1 aromatic carbocycles. The first-order valence-corrected chi connectivity index (χ1v) is 8.62. The molecule has 0 fully saturated rings. The van der Waals surface area contributed by atoms with Crippen molar-refractivity contribution in [2.45, 2.75) is 59.2 Å². The fourth-order valence-corrected chi connectivity index (χ4v) is 2.54. The highest BCUT2D eigenvalue weighted by Crippen LogP contribution is 2.29. The summed E-state index contributed by atoms with van der Waals surface area (Å²) in [5, 5.41) is 3.93. The molecule has 0 amide bonds. The lowest BCUT2D eigenvalue weighted by Crippen LogP contribution is -2.31. The van der Waals surface area contributed by atoms with Crippen LogP contribution in [-0.4, -0.2) is 34.2 Å². The summed E-state index contributed by atoms with van der Waals surface area (Å²) in [4.78, 5) is 6.61. The first kappa shape index (κ1) is 19.3. The number of para-hydroxylation sites is 1. The van der Waals surface area contributed by atoms with E-state index in [1.165, 1.54) is 12.5 Å². The topological polar surface area (TPSA) is 51.4 Å². The summed E-state index contributed by atoms with van der Waals surface area (Å²) in [7, 11) is 0. The van der Waals surface area contributed by atoms with Crippen LogP contribution in [0.4, 0.5) is 8.78 Å². The molecule has 0 atom stereocenters. The van der Waals surface area contributed by atoms with E-state index in [9.17, 15) is 8.78 Å². The van der Waals surface area contributed by atoms with E-state index in [1.54, 1.807) is 18.2 Å². The van der Waals surface area contributed by atoms with Crippen molar-refractivity contribution in [1.29, 1.82) is 0 Å². The van der Waals surface area contributed by atoms with Crippen LogP contribution in [0.1, 0.15) is 45.9 Å². The second-order valence-electron chi connectivity index (χ2n) is 6.16. The van der Waals surface area contributed by atoms with Gasteiger partial charge in [0.1, 0.15) is 5.75 Å². The summed E-state index contributed by atoms with van der Waals surface area (Å²) in [6.45, 7) is 5.00. The Morgan fingerprint density at radius 1 is 1.20 bits per heavy atom. The van der Waals surface area contributed by atoms with Gasteiger partial charge in [0.2, 0.25) is 11.7 Å². The number of hydrogen-bond donors (Lipinski definition) is 0. The predicted molar refractivity (Wildman–Crippen MR) is 91.4 cm³/mol. The smallest absolute Gasteiger partial charge is 0.387 e. The van der Waals surface area contributed by atoms with Crippen LogP contribution in [-0.2, 0) is 6.54 Å². The summed E-state index contributed by atoms with van der Waals surface area (Å²) >= 11 is 0. The zero-order valence-electron chi connectivity index (χ0n) is 14.9. The van der Waals surface area contributed by atoms with E-state index in [2.05, 4.69) is 40.5 Å². The molecule has 7 heteroatoms. The van der Waals surface area contributed by atoms with Crippen LogP contribution in [0.2, 0.25) is 0 Å². The average Bonchev–Trinajstić information content (AvgIpc) is 3.02. The zero-order valence-corrected chi connectivity index (χ0v) is 14.9. The van der Waals surface area contributed by atoms with Gasteiger partial charge in [0.05, 0.1) is 12.1 Å². The van der Waals surface area contributed by atoms with Crippen molar-refractivity contribution in [3.63, 3.8) is 0 Å². The van der Waals surface area contributed by atoms with Gasteiger partial charge < -0.3 is 9.26 Å². The van der Waals surface area contributed by atoms with Crippen molar-refractivity contribution in [3.05, 3.63) is 30.2 Å². The molecule has 5 nitrogen and oxygen atoms in total. The first-order chi connectivity index (χ1) is 12.0. The SMILES string of the molecule is CCCCCN(Cc1nc(-c2ccccc2OC(F)F)no1)C(C)C. The molecule has 0 aliphatic heterocycles. The molecule has 0 N–H and O–H groups in total. The predicted octanol–water partition coefficient (Wildman–Crippen LogP) is 4.74. The molecule has 0 bridgehead atoms. The lowest BCUT2D eigenvalue weighted by atomic mass is 10.2. The van der Waals surface area contributed by atoms with Crippen molar-refractivity contribution in [2.75, 3.05) is 6.54 Å². The minimum absolute atomic E-state index is 0.0357. The number of aromatic nitrogens is 2. The largest absolute Gasteiger partial charge is 0.434 e. The number of benzene rings is 1. The Bertz CT molecular complexity index is 647. The van der Waals surface area contributed by atoms with Gasteiger partial charge in [-0.15, -0.1) is 0 Å². The van der Waals surface area contributed by atoms with Gasteiger partial charge in [-0.25, -0.2) is 0 Å². The highest BCUT2D eigenvalue weighted by Gasteiger charge is 2.18. The molecule has 0 saturated carbocycles. The van der Waals surface area contributed by atoms with Crippen LogP contribution in [0.5, 0.6) is 5.75 Å². The number of hydrogen-bond acceptors (Lipinski definition) is 5. The minimum atomic E-state index is -2.90. The lowest BCUT2D eigenvalue weighted by molar-refractivity contribution is -0.0494. The maximum atomic E-state index is 12.5. The van der Waals surface area contributed by atoms with Crippen LogP contribution in [0.25, 0.3) is 11.4 Å². The van der Waals surface area contributed by atoms with Gasteiger partial charge in [0.25, 0.3) is 0 Å². The molecule has 2 aromatic rings. The van der Waals surface area contributed by atoms with Crippen LogP contribution in [0.3, 0.4) is 0 Å². The standard InChI is InChI=1S/C18H25F2N3O2/c1-4-5-8-11-23(13(2)3)12-16-21-17(22-25-16)14-9-6-7-10-15(14)24-18(19)20/h6-7,9-10,13,18H,4-5,8,11-12H2,1-3H3. The highest BCUT2D eigenvalue weighted by atomic mass is 19.3. The van der Waals surface area contributed by atoms with E-state index < -0.39 is 6.61 Å². The highest BCUT2D eigenvalue weighted by molar-refractivity contribution is 5.63. The third-order valence-corrected chi connectivity index (χ3v) is 3.93. The number of nitrogens with zero attached hydrogens (tertiary/aromatic N) is 3. The Kier molecular flexibility index (Phi) is 7.31. The normalized spacial score (nSPS) is 11.7. The van der Waals surface area contributed by atoms with Gasteiger partial charge in [-0.2, -0.15) is 13.8 Å². The Balaban J connectivity index is 2.11. The van der Waals surface area contributed by atoms with Crippen molar-refractivity contribution in [2.24, 2.45) is 0 Å². The summed E-state index contributed by atoms with van der Waals surface area (Å²) in [5.41, 5.74) is 0.389. The maximum absolute atomic E-state index is 12.5. The van der Waals surface area contributed by atoms with Gasteiger partial charge in [-0.1, -0.05) is 37.1 Å². The second kappa shape index (κ2) is 9.46. The molecule has 0 saturated heterocycles. The van der Waals surface area contributed by atoms with Crippen LogP contribution in [0.15, 0.2) is 28.8 Å². The van der Waals surface area contributed by atoms with Gasteiger partial charge in [0, 0.05) is 6.04 Å². The molecule has 0 aliphatic rings. The zero-order chi connectivity index (χ0) is 18.2. The summed E-state index contributed by atoms with van der Waals surface area (Å²) in [6.07, 6.45) is 3.45. The van der Waals surface area contributed by atoms with E-state index in [0.29, 0.717) is 24.0 Å². The third-order valence-electron chi connectivity index (χ3n) is 3.93. The van der Waals surface area contributed by atoms with E-state index in [0.717, 1.165) is 19.4 Å². The number of ether oxygens (including phenoxy) is 1. The molecular weight excluding hydrogens is 328 g/mol.